The molecule has 0 saturated heterocycles. The van der Waals surface area contributed by atoms with Crippen LogP contribution in [0, 0.1) is 0 Å². The van der Waals surface area contributed by atoms with E-state index in [2.05, 4.69) is 0 Å². The molecule has 0 aliphatic carbocycles. The van der Waals surface area contributed by atoms with Crippen molar-refractivity contribution in [2.75, 3.05) is 27.0 Å². The summed E-state index contributed by atoms with van der Waals surface area (Å²) >= 11 is 0. The zero-order valence-electron chi connectivity index (χ0n) is 28.8. The van der Waals surface area contributed by atoms with E-state index in [-0.39, 0.29) is 36.5 Å². The third-order valence-corrected chi connectivity index (χ3v) is 8.26. The smallest absolute Gasteiger partial charge is 0.382 e. The average molecular weight is 755 g/mol. The first-order chi connectivity index (χ1) is 23.9. The molecule has 51 heavy (non-hydrogen) atoms. The summed E-state index contributed by atoms with van der Waals surface area (Å²) in [6, 6.07) is 20.3. The highest BCUT2D eigenvalue weighted by atomic mass is 32.2. The fraction of sp³-hybridized carbons (Fsp3) is 0.364. The molecule has 3 aromatic carbocycles. The molecule has 0 radical (unpaired) electrons. The predicted octanol–water partition coefficient (Wildman–Crippen LogP) is 3.98. The molecule has 0 spiro atoms. The fourth-order valence-corrected chi connectivity index (χ4v) is 6.22. The van der Waals surface area contributed by atoms with Crippen LogP contribution in [0.5, 0.6) is 11.5 Å². The Kier molecular flexibility index (Phi) is 13.7. The fourth-order valence-electron chi connectivity index (χ4n) is 4.51. The van der Waals surface area contributed by atoms with E-state index >= 15 is 0 Å². The lowest BCUT2D eigenvalue weighted by Gasteiger charge is -2.47. The summed E-state index contributed by atoms with van der Waals surface area (Å²) in [5, 5.41) is 0. The van der Waals surface area contributed by atoms with Crippen LogP contribution in [0.1, 0.15) is 49.5 Å². The van der Waals surface area contributed by atoms with Crippen LogP contribution in [0.3, 0.4) is 0 Å². The lowest BCUT2D eigenvalue weighted by molar-refractivity contribution is -1.23. The zero-order chi connectivity index (χ0) is 37.9. The lowest BCUT2D eigenvalue weighted by Crippen LogP contribution is -2.80. The van der Waals surface area contributed by atoms with Gasteiger partial charge in [0.2, 0.25) is 0 Å². The van der Waals surface area contributed by atoms with E-state index in [9.17, 15) is 31.2 Å². The standard InChI is InChI=1S/C33H40NO15S2/c1-7-15-30(36)45-33(44-25(3)35,46-31(37)27-18-13-10-14-19-27)34(4,32(42-5,43-8-2)49-50(6,38)39)47-28-20-22-29(23-21-28)48-51(40,41)24-26-16-11-9-12-17-26/h9-14,16-23H,7-8,15,24H2,1-6H3/q+1. The van der Waals surface area contributed by atoms with Gasteiger partial charge in [-0.3, -0.25) is 23.9 Å². The molecule has 0 N–H and O–H groups in total. The van der Waals surface area contributed by atoms with Gasteiger partial charge in [-0.2, -0.15) is 21.0 Å². The molecule has 18 heteroatoms. The molecule has 3 atom stereocenters. The molecule has 0 aliphatic heterocycles. The topological polar surface area (TPSA) is 193 Å². The van der Waals surface area contributed by atoms with Gasteiger partial charge in [-0.15, -0.1) is 0 Å². The first-order valence-electron chi connectivity index (χ1n) is 15.3. The quantitative estimate of drug-likeness (QED) is 0.0560. The number of ether oxygens (including phenoxy) is 5. The Bertz CT molecular complexity index is 1860. The maximum Gasteiger partial charge on any atom is 0.645 e. The minimum atomic E-state index is -4.61. The molecule has 0 aliphatic rings. The third kappa shape index (κ3) is 10.7. The molecule has 0 amide bonds. The maximum atomic E-state index is 13.7. The first kappa shape index (κ1) is 40.8. The second kappa shape index (κ2) is 17.1. The van der Waals surface area contributed by atoms with Crippen LogP contribution in [-0.4, -0.2) is 78.6 Å². The van der Waals surface area contributed by atoms with Gasteiger partial charge in [-0.1, -0.05) is 55.5 Å². The van der Waals surface area contributed by atoms with Gasteiger partial charge in [0.05, 0.1) is 23.1 Å². The number of esters is 3. The van der Waals surface area contributed by atoms with Gasteiger partial charge < -0.3 is 18.4 Å². The normalized spacial score (nSPS) is 15.3. The SMILES string of the molecule is CCCC(=O)OC(OC(C)=O)(OC(=O)c1ccccc1)[N+](C)(Oc1ccc(OS(=O)(=O)Cc2ccccc2)cc1)C(OC)(OCC)OS(C)(=O)=O. The summed E-state index contributed by atoms with van der Waals surface area (Å²) in [5.41, 5.74) is 0.362. The number of hydrogen-bond acceptors (Lipinski definition) is 15. The molecule has 278 valence electrons. The number of carbonyl (C=O) groups is 3. The van der Waals surface area contributed by atoms with Crippen LogP contribution in [0.25, 0.3) is 0 Å². The monoisotopic (exact) mass is 754 g/mol. The van der Waals surface area contributed by atoms with E-state index in [1.807, 2.05) is 0 Å². The predicted molar refractivity (Wildman–Crippen MR) is 178 cm³/mol. The summed E-state index contributed by atoms with van der Waals surface area (Å²) in [6.45, 7) is 3.56. The van der Waals surface area contributed by atoms with Gasteiger partial charge in [0, 0.05) is 20.5 Å². The van der Waals surface area contributed by atoms with Crippen molar-refractivity contribution in [3.8, 4) is 11.5 Å². The Morgan fingerprint density at radius 2 is 1.33 bits per heavy atom. The number of hydroxylamine groups is 3. The van der Waals surface area contributed by atoms with Crippen LogP contribution in [0.2, 0.25) is 0 Å². The van der Waals surface area contributed by atoms with Gasteiger partial charge in [0.15, 0.2) is 5.75 Å². The molecule has 0 heterocycles. The number of carbonyl (C=O) groups excluding carboxylic acids is 3. The van der Waals surface area contributed by atoms with Crippen molar-refractivity contribution < 1.29 is 72.8 Å². The van der Waals surface area contributed by atoms with E-state index in [0.717, 1.165) is 21.1 Å². The summed E-state index contributed by atoms with van der Waals surface area (Å²) < 4.78 is 87.7. The van der Waals surface area contributed by atoms with E-state index in [1.165, 1.54) is 55.5 Å². The molecule has 0 fully saturated rings. The second-order valence-electron chi connectivity index (χ2n) is 10.8. The number of rotatable bonds is 19. The third-order valence-electron chi connectivity index (χ3n) is 6.61. The van der Waals surface area contributed by atoms with Crippen molar-refractivity contribution in [2.24, 2.45) is 0 Å². The summed E-state index contributed by atoms with van der Waals surface area (Å²) in [6.07, 6.45) is -5.97. The van der Waals surface area contributed by atoms with Crippen molar-refractivity contribution in [3.05, 3.63) is 96.1 Å². The van der Waals surface area contributed by atoms with Crippen LogP contribution < -0.4 is 9.02 Å². The molecule has 3 rings (SSSR count). The molecule has 3 unspecified atom stereocenters. The number of quaternary nitrogens is 1. The van der Waals surface area contributed by atoms with E-state index < -0.39 is 60.7 Å². The minimum Gasteiger partial charge on any atom is -0.382 e. The largest absolute Gasteiger partial charge is 0.645 e. The van der Waals surface area contributed by atoms with Crippen molar-refractivity contribution >= 4 is 38.1 Å². The Labute approximate surface area is 296 Å². The van der Waals surface area contributed by atoms with Crippen LogP contribution in [-0.2, 0) is 63.4 Å². The molecular weight excluding hydrogens is 714 g/mol. The Morgan fingerprint density at radius 1 is 0.765 bits per heavy atom. The number of hydrogen-bond donors (Lipinski definition) is 0. The maximum absolute atomic E-state index is 13.7. The van der Waals surface area contributed by atoms with Crippen molar-refractivity contribution in [1.29, 1.82) is 0 Å². The number of benzene rings is 3. The highest BCUT2D eigenvalue weighted by Gasteiger charge is 2.79. The van der Waals surface area contributed by atoms with Crippen LogP contribution in [0.4, 0.5) is 0 Å². The Hall–Kier alpha value is -4.59. The average Bonchev–Trinajstić information content (AvgIpc) is 3.04. The summed E-state index contributed by atoms with van der Waals surface area (Å²) in [7, 11) is -6.87. The zero-order valence-corrected chi connectivity index (χ0v) is 30.4. The summed E-state index contributed by atoms with van der Waals surface area (Å²) in [4.78, 5) is 45.9. The van der Waals surface area contributed by atoms with Crippen LogP contribution in [0.15, 0.2) is 84.9 Å². The highest BCUT2D eigenvalue weighted by molar-refractivity contribution is 7.86. The van der Waals surface area contributed by atoms with Crippen molar-refractivity contribution in [1.82, 2.24) is 0 Å². The van der Waals surface area contributed by atoms with Crippen LogP contribution >= 0.6 is 0 Å². The molecule has 0 aromatic heterocycles. The van der Waals surface area contributed by atoms with Gasteiger partial charge in [0.25, 0.3) is 10.1 Å². The lowest BCUT2D eigenvalue weighted by atomic mass is 10.2. The molecule has 0 saturated carbocycles. The van der Waals surface area contributed by atoms with E-state index in [0.29, 0.717) is 11.8 Å². The summed E-state index contributed by atoms with van der Waals surface area (Å²) in [5.74, 6) is -4.40. The minimum absolute atomic E-state index is 0.117. The molecule has 0 bridgehead atoms. The second-order valence-corrected chi connectivity index (χ2v) is 13.9. The van der Waals surface area contributed by atoms with Crippen molar-refractivity contribution in [2.45, 2.75) is 51.6 Å². The molecule has 16 nitrogen and oxygen atoms in total. The van der Waals surface area contributed by atoms with E-state index in [4.69, 9.17) is 36.9 Å². The van der Waals surface area contributed by atoms with Gasteiger partial charge in [-0.05, 0) is 55.3 Å². The molecule has 3 aromatic rings. The Balaban J connectivity index is 2.26. The van der Waals surface area contributed by atoms with Gasteiger partial charge in [0.1, 0.15) is 18.6 Å². The van der Waals surface area contributed by atoms with E-state index in [1.54, 1.807) is 43.3 Å². The van der Waals surface area contributed by atoms with Crippen molar-refractivity contribution in [3.63, 3.8) is 0 Å². The molecular formula is C33H40NO15S2+. The van der Waals surface area contributed by atoms with Gasteiger partial charge in [-0.25, -0.2) is 4.79 Å². The number of methoxy groups -OCH3 is 1. The Morgan fingerprint density at radius 3 is 1.84 bits per heavy atom. The van der Waals surface area contributed by atoms with Gasteiger partial charge >= 0.3 is 40.2 Å². The number of nitrogens with zero attached hydrogens (tertiary/aromatic N) is 1. The highest BCUT2D eigenvalue weighted by Crippen LogP contribution is 2.43. The first-order valence-corrected chi connectivity index (χ1v) is 18.7.